The summed E-state index contributed by atoms with van der Waals surface area (Å²) in [4.78, 5) is 0. The van der Waals surface area contributed by atoms with Gasteiger partial charge >= 0.3 is 0 Å². The summed E-state index contributed by atoms with van der Waals surface area (Å²) < 4.78 is 18.8. The van der Waals surface area contributed by atoms with E-state index >= 15 is 0 Å². The average Bonchev–Trinajstić information content (AvgIpc) is 2.43. The molecule has 0 unspecified atom stereocenters. The molecule has 0 saturated heterocycles. The Morgan fingerprint density at radius 2 is 2.16 bits per heavy atom. The number of nitrogens with zero attached hydrogens (tertiary/aromatic N) is 3. The highest BCUT2D eigenvalue weighted by atomic mass is 19.1. The number of benzene rings is 1. The number of halogens is 1. The molecule has 1 N–H and O–H groups in total. The standard InChI is InChI=1S/C13H11FN4O/c1-2-19-12-5-3-9(7-10(12)14)11-4-6-13(16-8-15)18-17-11/h3-7H,2H2,1H3,(H,16,18). The smallest absolute Gasteiger partial charge is 0.182 e. The number of aromatic nitrogens is 2. The van der Waals surface area contributed by atoms with Crippen molar-refractivity contribution < 1.29 is 9.13 Å². The Balaban J connectivity index is 2.27. The van der Waals surface area contributed by atoms with Crippen LogP contribution in [0.1, 0.15) is 6.92 Å². The zero-order valence-corrected chi connectivity index (χ0v) is 10.2. The molecule has 19 heavy (non-hydrogen) atoms. The minimum atomic E-state index is -0.444. The molecule has 0 aliphatic rings. The number of hydrogen-bond donors (Lipinski definition) is 1. The van der Waals surface area contributed by atoms with Crippen molar-refractivity contribution in [1.29, 1.82) is 5.26 Å². The largest absolute Gasteiger partial charge is 0.491 e. The second kappa shape index (κ2) is 5.78. The number of nitrogens with one attached hydrogen (secondary N) is 1. The van der Waals surface area contributed by atoms with Gasteiger partial charge in [-0.1, -0.05) is 0 Å². The van der Waals surface area contributed by atoms with Crippen molar-refractivity contribution in [3.8, 4) is 23.2 Å². The highest BCUT2D eigenvalue weighted by Gasteiger charge is 2.07. The summed E-state index contributed by atoms with van der Waals surface area (Å²) in [6.45, 7) is 2.20. The third-order valence-electron chi connectivity index (χ3n) is 2.38. The van der Waals surface area contributed by atoms with Gasteiger partial charge in [-0.25, -0.2) is 4.39 Å². The van der Waals surface area contributed by atoms with Crippen LogP contribution in [-0.4, -0.2) is 16.8 Å². The monoisotopic (exact) mass is 258 g/mol. The van der Waals surface area contributed by atoms with Crippen molar-refractivity contribution in [2.45, 2.75) is 6.92 Å². The van der Waals surface area contributed by atoms with E-state index in [4.69, 9.17) is 10.00 Å². The van der Waals surface area contributed by atoms with Gasteiger partial charge in [0, 0.05) is 5.56 Å². The Morgan fingerprint density at radius 1 is 1.32 bits per heavy atom. The minimum absolute atomic E-state index is 0.210. The predicted molar refractivity (Wildman–Crippen MR) is 67.8 cm³/mol. The number of nitriles is 1. The molecule has 1 aromatic heterocycles. The highest BCUT2D eigenvalue weighted by Crippen LogP contribution is 2.24. The molecule has 0 bridgehead atoms. The van der Waals surface area contributed by atoms with Crippen molar-refractivity contribution in [3.63, 3.8) is 0 Å². The molecule has 0 atom stereocenters. The SMILES string of the molecule is CCOc1ccc(-c2ccc(NC#N)nn2)cc1F. The van der Waals surface area contributed by atoms with Crippen LogP contribution >= 0.6 is 0 Å². The molecule has 1 aromatic carbocycles. The normalized spacial score (nSPS) is 9.74. The first-order valence-corrected chi connectivity index (χ1v) is 5.66. The summed E-state index contributed by atoms with van der Waals surface area (Å²) in [5.74, 6) is 0.111. The van der Waals surface area contributed by atoms with Gasteiger partial charge in [0.05, 0.1) is 12.3 Å². The van der Waals surface area contributed by atoms with E-state index in [0.717, 1.165) is 0 Å². The van der Waals surface area contributed by atoms with Crippen molar-refractivity contribution >= 4 is 5.82 Å². The summed E-state index contributed by atoms with van der Waals surface area (Å²) in [6.07, 6.45) is 1.74. The lowest BCUT2D eigenvalue weighted by Gasteiger charge is -2.06. The van der Waals surface area contributed by atoms with E-state index in [0.29, 0.717) is 23.7 Å². The lowest BCUT2D eigenvalue weighted by molar-refractivity contribution is 0.321. The van der Waals surface area contributed by atoms with Crippen molar-refractivity contribution in [2.24, 2.45) is 0 Å². The summed E-state index contributed by atoms with van der Waals surface area (Å²) in [5.41, 5.74) is 1.11. The van der Waals surface area contributed by atoms with Crippen LogP contribution < -0.4 is 10.1 Å². The zero-order chi connectivity index (χ0) is 13.7. The van der Waals surface area contributed by atoms with E-state index < -0.39 is 5.82 Å². The first-order chi connectivity index (χ1) is 9.24. The topological polar surface area (TPSA) is 70.8 Å². The Hall–Kier alpha value is -2.68. The van der Waals surface area contributed by atoms with Gasteiger partial charge in [0.15, 0.2) is 23.6 Å². The molecule has 0 fully saturated rings. The lowest BCUT2D eigenvalue weighted by Crippen LogP contribution is -1.97. The van der Waals surface area contributed by atoms with Gasteiger partial charge in [-0.2, -0.15) is 5.26 Å². The summed E-state index contributed by atoms with van der Waals surface area (Å²) >= 11 is 0. The molecule has 0 aliphatic carbocycles. The molecule has 0 radical (unpaired) electrons. The maximum Gasteiger partial charge on any atom is 0.182 e. The lowest BCUT2D eigenvalue weighted by atomic mass is 10.1. The van der Waals surface area contributed by atoms with E-state index in [1.807, 2.05) is 0 Å². The minimum Gasteiger partial charge on any atom is -0.491 e. The number of anilines is 1. The van der Waals surface area contributed by atoms with Crippen LogP contribution in [0.2, 0.25) is 0 Å². The molecule has 0 spiro atoms. The zero-order valence-electron chi connectivity index (χ0n) is 10.2. The fourth-order valence-electron chi connectivity index (χ4n) is 1.54. The molecule has 96 valence electrons. The summed E-state index contributed by atoms with van der Waals surface area (Å²) in [7, 11) is 0. The molecule has 6 heteroatoms. The van der Waals surface area contributed by atoms with E-state index in [9.17, 15) is 4.39 Å². The third kappa shape index (κ3) is 2.96. The Morgan fingerprint density at radius 3 is 2.74 bits per heavy atom. The Labute approximate surface area is 109 Å². The van der Waals surface area contributed by atoms with Crippen LogP contribution in [0.3, 0.4) is 0 Å². The van der Waals surface area contributed by atoms with Crippen molar-refractivity contribution in [1.82, 2.24) is 10.2 Å². The van der Waals surface area contributed by atoms with Crippen LogP contribution in [0.15, 0.2) is 30.3 Å². The van der Waals surface area contributed by atoms with Crippen molar-refractivity contribution in [3.05, 3.63) is 36.1 Å². The summed E-state index contributed by atoms with van der Waals surface area (Å²) in [6, 6.07) is 7.85. The molecular weight excluding hydrogens is 247 g/mol. The predicted octanol–water partition coefficient (Wildman–Crippen LogP) is 2.57. The van der Waals surface area contributed by atoms with E-state index in [1.54, 1.807) is 37.4 Å². The van der Waals surface area contributed by atoms with Gasteiger partial charge in [-0.3, -0.25) is 5.32 Å². The maximum atomic E-state index is 13.7. The van der Waals surface area contributed by atoms with Gasteiger partial charge in [-0.15, -0.1) is 10.2 Å². The maximum absolute atomic E-state index is 13.7. The summed E-state index contributed by atoms with van der Waals surface area (Å²) in [5, 5.41) is 18.5. The van der Waals surface area contributed by atoms with E-state index in [-0.39, 0.29) is 5.75 Å². The van der Waals surface area contributed by atoms with Crippen LogP contribution in [0.25, 0.3) is 11.3 Å². The molecule has 2 rings (SSSR count). The van der Waals surface area contributed by atoms with Crippen LogP contribution in [0.5, 0.6) is 5.75 Å². The van der Waals surface area contributed by atoms with E-state index in [1.165, 1.54) is 6.07 Å². The quantitative estimate of drug-likeness (QED) is 0.674. The fourth-order valence-corrected chi connectivity index (χ4v) is 1.54. The van der Waals surface area contributed by atoms with E-state index in [2.05, 4.69) is 15.5 Å². The number of ether oxygens (including phenoxy) is 1. The highest BCUT2D eigenvalue weighted by molar-refractivity contribution is 5.61. The van der Waals surface area contributed by atoms with Gasteiger partial charge in [0.25, 0.3) is 0 Å². The second-order valence-electron chi connectivity index (χ2n) is 3.62. The molecule has 5 nitrogen and oxygen atoms in total. The van der Waals surface area contributed by atoms with Gasteiger partial charge in [0.1, 0.15) is 0 Å². The molecular formula is C13H11FN4O. The Kier molecular flexibility index (Phi) is 3.88. The first kappa shape index (κ1) is 12.8. The fraction of sp³-hybridized carbons (Fsp3) is 0.154. The molecule has 0 saturated carbocycles. The average molecular weight is 258 g/mol. The number of rotatable bonds is 4. The Bertz CT molecular complexity index is 607. The third-order valence-corrected chi connectivity index (χ3v) is 2.38. The number of hydrogen-bond acceptors (Lipinski definition) is 5. The first-order valence-electron chi connectivity index (χ1n) is 5.66. The van der Waals surface area contributed by atoms with Crippen molar-refractivity contribution in [2.75, 3.05) is 11.9 Å². The van der Waals surface area contributed by atoms with Crippen LogP contribution in [0, 0.1) is 17.3 Å². The van der Waals surface area contributed by atoms with Gasteiger partial charge in [-0.05, 0) is 37.3 Å². The van der Waals surface area contributed by atoms with Crippen LogP contribution in [-0.2, 0) is 0 Å². The molecule has 0 aliphatic heterocycles. The van der Waals surface area contributed by atoms with Crippen LogP contribution in [0.4, 0.5) is 10.2 Å². The van der Waals surface area contributed by atoms with Gasteiger partial charge < -0.3 is 4.74 Å². The molecule has 0 amide bonds. The molecule has 1 heterocycles. The van der Waals surface area contributed by atoms with Gasteiger partial charge in [0.2, 0.25) is 0 Å². The second-order valence-corrected chi connectivity index (χ2v) is 3.62. The molecule has 2 aromatic rings.